The van der Waals surface area contributed by atoms with Gasteiger partial charge in [-0.1, -0.05) is 25.3 Å². The Morgan fingerprint density at radius 2 is 2.00 bits per heavy atom. The van der Waals surface area contributed by atoms with Crippen molar-refractivity contribution in [3.8, 4) is 0 Å². The van der Waals surface area contributed by atoms with Crippen LogP contribution in [0.25, 0.3) is 0 Å². The Hall–Kier alpha value is -1.57. The van der Waals surface area contributed by atoms with Gasteiger partial charge in [-0.05, 0) is 12.8 Å². The summed E-state index contributed by atoms with van der Waals surface area (Å²) >= 11 is 0. The highest BCUT2D eigenvalue weighted by atomic mass is 32.2. The van der Waals surface area contributed by atoms with Gasteiger partial charge in [0.15, 0.2) is 15.8 Å². The number of guanidine groups is 1. The lowest BCUT2D eigenvalue weighted by Crippen LogP contribution is -2.60. The lowest BCUT2D eigenvalue weighted by atomic mass is 9.87. The number of hydrogen-bond acceptors (Lipinski definition) is 4. The Balaban J connectivity index is 2.20. The second kappa shape index (κ2) is 8.21. The van der Waals surface area contributed by atoms with Crippen molar-refractivity contribution >= 4 is 21.7 Å². The topological polar surface area (TPSA) is 82.1 Å². The number of rotatable bonds is 4. The smallest absolute Gasteiger partial charge is 0.243 e. The third kappa shape index (κ3) is 4.54. The van der Waals surface area contributed by atoms with E-state index < -0.39 is 14.6 Å². The Kier molecular flexibility index (Phi) is 6.48. The molecule has 0 radical (unpaired) electrons. The van der Waals surface area contributed by atoms with Crippen LogP contribution in [0.5, 0.6) is 0 Å². The predicted octanol–water partition coefficient (Wildman–Crippen LogP) is 0.640. The molecule has 2 aliphatic rings. The molecule has 142 valence electrons. The molecule has 2 rings (SSSR count). The number of aliphatic imine (C=N–C) groups is 1. The van der Waals surface area contributed by atoms with Crippen LogP contribution in [-0.2, 0) is 14.6 Å². The molecule has 1 saturated carbocycles. The predicted molar refractivity (Wildman–Crippen MR) is 100 cm³/mol. The second-order valence-electron chi connectivity index (χ2n) is 7.08. The first-order valence-corrected chi connectivity index (χ1v) is 10.5. The van der Waals surface area contributed by atoms with Crippen molar-refractivity contribution in [3.05, 3.63) is 12.7 Å². The fourth-order valence-electron chi connectivity index (χ4n) is 3.53. The molecular formula is C17H30N4O3S. The third-order valence-electron chi connectivity index (χ3n) is 5.10. The second-order valence-corrected chi connectivity index (χ2v) is 9.59. The van der Waals surface area contributed by atoms with Gasteiger partial charge in [0.25, 0.3) is 0 Å². The lowest BCUT2D eigenvalue weighted by molar-refractivity contribution is -0.127. The highest BCUT2D eigenvalue weighted by molar-refractivity contribution is 7.92. The van der Waals surface area contributed by atoms with E-state index in [1.807, 2.05) is 4.90 Å². The van der Waals surface area contributed by atoms with Crippen LogP contribution in [0.1, 0.15) is 32.1 Å². The van der Waals surface area contributed by atoms with Gasteiger partial charge in [0.05, 0.1) is 10.5 Å². The van der Waals surface area contributed by atoms with Gasteiger partial charge in [0.2, 0.25) is 5.91 Å². The Labute approximate surface area is 151 Å². The highest BCUT2D eigenvalue weighted by Crippen LogP contribution is 2.38. The van der Waals surface area contributed by atoms with Crippen molar-refractivity contribution in [2.24, 2.45) is 4.99 Å². The molecule has 0 aromatic carbocycles. The minimum Gasteiger partial charge on any atom is -0.353 e. The number of nitrogens with one attached hydrogen (secondary N) is 1. The van der Waals surface area contributed by atoms with Crippen molar-refractivity contribution < 1.29 is 13.2 Å². The largest absolute Gasteiger partial charge is 0.353 e. The average Bonchev–Trinajstić information content (AvgIpc) is 2.58. The van der Waals surface area contributed by atoms with E-state index in [4.69, 9.17) is 0 Å². The maximum atomic E-state index is 12.7. The van der Waals surface area contributed by atoms with Crippen LogP contribution >= 0.6 is 0 Å². The van der Waals surface area contributed by atoms with Crippen LogP contribution in [-0.4, -0.2) is 80.9 Å². The van der Waals surface area contributed by atoms with Crippen LogP contribution in [0.15, 0.2) is 17.6 Å². The van der Waals surface area contributed by atoms with Gasteiger partial charge in [-0.25, -0.2) is 13.4 Å². The van der Waals surface area contributed by atoms with Gasteiger partial charge >= 0.3 is 0 Å². The molecule has 1 saturated heterocycles. The summed E-state index contributed by atoms with van der Waals surface area (Å²) in [4.78, 5) is 19.8. The summed E-state index contributed by atoms with van der Waals surface area (Å²) in [7, 11) is 0.290. The van der Waals surface area contributed by atoms with Crippen LogP contribution in [0.4, 0.5) is 0 Å². The zero-order chi connectivity index (χ0) is 18.5. The first-order chi connectivity index (χ1) is 11.8. The maximum Gasteiger partial charge on any atom is 0.243 e. The van der Waals surface area contributed by atoms with Gasteiger partial charge in [-0.15, -0.1) is 6.58 Å². The quantitative estimate of drug-likeness (QED) is 0.446. The number of carbonyl (C=O) groups is 1. The monoisotopic (exact) mass is 370 g/mol. The molecule has 2 fully saturated rings. The van der Waals surface area contributed by atoms with E-state index >= 15 is 0 Å². The van der Waals surface area contributed by atoms with Crippen molar-refractivity contribution in [2.45, 2.75) is 36.9 Å². The van der Waals surface area contributed by atoms with E-state index in [9.17, 15) is 13.2 Å². The van der Waals surface area contributed by atoms with Gasteiger partial charge in [-0.3, -0.25) is 4.79 Å². The van der Waals surface area contributed by atoms with Crippen LogP contribution < -0.4 is 5.32 Å². The minimum atomic E-state index is -3.10. The molecule has 1 aliphatic carbocycles. The normalized spacial score (nSPS) is 22.5. The van der Waals surface area contributed by atoms with E-state index in [1.54, 1.807) is 20.2 Å². The first kappa shape index (κ1) is 19.8. The summed E-state index contributed by atoms with van der Waals surface area (Å²) in [5.41, 5.74) is 0. The third-order valence-corrected chi connectivity index (χ3v) is 7.68. The summed E-state index contributed by atoms with van der Waals surface area (Å²) in [5.74, 6) is 0.647. The molecule has 1 N–H and O–H groups in total. The van der Waals surface area contributed by atoms with Gasteiger partial charge in [0, 0.05) is 33.7 Å². The average molecular weight is 371 g/mol. The summed E-state index contributed by atoms with van der Waals surface area (Å²) in [6.07, 6.45) is 6.18. The van der Waals surface area contributed by atoms with Gasteiger partial charge in [-0.2, -0.15) is 0 Å². The van der Waals surface area contributed by atoms with Crippen LogP contribution in [0.3, 0.4) is 0 Å². The first-order valence-electron chi connectivity index (χ1n) is 8.88. The van der Waals surface area contributed by atoms with E-state index in [0.29, 0.717) is 25.6 Å². The van der Waals surface area contributed by atoms with E-state index in [-0.39, 0.29) is 18.2 Å². The summed E-state index contributed by atoms with van der Waals surface area (Å²) in [5, 5.41) is 3.18. The Morgan fingerprint density at radius 1 is 1.32 bits per heavy atom. The number of likely N-dealkylation sites (N-methyl/N-ethyl adjacent to an activating group) is 1. The van der Waals surface area contributed by atoms with Gasteiger partial charge in [0.1, 0.15) is 6.54 Å². The molecule has 0 aromatic rings. The zero-order valence-corrected chi connectivity index (χ0v) is 16.1. The van der Waals surface area contributed by atoms with Crippen LogP contribution in [0, 0.1) is 0 Å². The molecule has 8 heteroatoms. The van der Waals surface area contributed by atoms with Crippen molar-refractivity contribution in [3.63, 3.8) is 0 Å². The zero-order valence-electron chi connectivity index (χ0n) is 15.3. The SMILES string of the molecule is C=CCNC(=NCC(=O)N(C)C)N1CCS(=O)(=O)C2(CCCCC2)C1. The van der Waals surface area contributed by atoms with Crippen molar-refractivity contribution in [1.29, 1.82) is 0 Å². The van der Waals surface area contributed by atoms with Gasteiger partial charge < -0.3 is 15.1 Å². The number of carbonyl (C=O) groups excluding carboxylic acids is 1. The van der Waals surface area contributed by atoms with Crippen molar-refractivity contribution in [2.75, 3.05) is 46.0 Å². The van der Waals surface area contributed by atoms with E-state index in [1.165, 1.54) is 4.90 Å². The van der Waals surface area contributed by atoms with Crippen LogP contribution in [0.2, 0.25) is 0 Å². The fraction of sp³-hybridized carbons (Fsp3) is 0.765. The molecule has 0 bridgehead atoms. The molecule has 1 aliphatic heterocycles. The molecule has 1 spiro atoms. The highest BCUT2D eigenvalue weighted by Gasteiger charge is 2.48. The molecule has 0 unspecified atom stereocenters. The summed E-state index contributed by atoms with van der Waals surface area (Å²) in [6, 6.07) is 0. The molecule has 7 nitrogen and oxygen atoms in total. The summed E-state index contributed by atoms with van der Waals surface area (Å²) < 4.78 is 24.8. The number of sulfone groups is 1. The van der Waals surface area contributed by atoms with Crippen molar-refractivity contribution in [1.82, 2.24) is 15.1 Å². The standard InChI is InChI=1S/C17H30N4O3S/c1-4-10-18-16(19-13-15(22)20(2)3)21-11-12-25(23,24)17(14-21)8-6-5-7-9-17/h4H,1,5-14H2,2-3H3,(H,18,19). The summed E-state index contributed by atoms with van der Waals surface area (Å²) in [6.45, 7) is 5.12. The molecule has 0 atom stereocenters. The molecule has 1 amide bonds. The number of amides is 1. The molecular weight excluding hydrogens is 340 g/mol. The number of hydrogen-bond donors (Lipinski definition) is 1. The molecule has 0 aromatic heterocycles. The fourth-order valence-corrected chi connectivity index (χ4v) is 5.69. The number of nitrogens with zero attached hydrogens (tertiary/aromatic N) is 3. The molecule has 1 heterocycles. The van der Waals surface area contributed by atoms with E-state index in [0.717, 1.165) is 32.1 Å². The Bertz CT molecular complexity index is 622. The Morgan fingerprint density at radius 3 is 2.60 bits per heavy atom. The molecule has 25 heavy (non-hydrogen) atoms. The maximum absolute atomic E-state index is 12.7. The van der Waals surface area contributed by atoms with E-state index in [2.05, 4.69) is 16.9 Å². The lowest BCUT2D eigenvalue weighted by Gasteiger charge is -2.45. The minimum absolute atomic E-state index is 0.0444.